The summed E-state index contributed by atoms with van der Waals surface area (Å²) in [6.07, 6.45) is 2.64. The van der Waals surface area contributed by atoms with Crippen molar-refractivity contribution in [3.05, 3.63) is 71.3 Å². The zero-order chi connectivity index (χ0) is 20.1. The summed E-state index contributed by atoms with van der Waals surface area (Å²) < 4.78 is 5.59. The lowest BCUT2D eigenvalue weighted by atomic mass is 9.95. The molecule has 0 saturated carbocycles. The molecule has 3 N–H and O–H groups in total. The molecule has 1 fully saturated rings. The van der Waals surface area contributed by atoms with E-state index >= 15 is 0 Å². The van der Waals surface area contributed by atoms with Gasteiger partial charge in [-0.15, -0.1) is 0 Å². The molecule has 0 bridgehead atoms. The highest BCUT2D eigenvalue weighted by atomic mass is 16.5. The lowest BCUT2D eigenvalue weighted by molar-refractivity contribution is -0.130. The molecular weight excluding hydrogens is 366 g/mol. The molecule has 0 spiro atoms. The van der Waals surface area contributed by atoms with Gasteiger partial charge in [-0.3, -0.25) is 9.59 Å². The van der Waals surface area contributed by atoms with E-state index in [4.69, 9.17) is 4.74 Å². The van der Waals surface area contributed by atoms with Crippen LogP contribution in [0.15, 0.2) is 54.6 Å². The van der Waals surface area contributed by atoms with Crippen molar-refractivity contribution < 1.29 is 14.3 Å². The second-order valence-electron chi connectivity index (χ2n) is 7.64. The number of fused-ring (bicyclic) bond motifs is 1. The zero-order valence-corrected chi connectivity index (χ0v) is 16.4. The van der Waals surface area contributed by atoms with Crippen LogP contribution in [0.3, 0.4) is 0 Å². The van der Waals surface area contributed by atoms with Crippen LogP contribution < -0.4 is 16.0 Å². The van der Waals surface area contributed by atoms with Crippen molar-refractivity contribution in [1.82, 2.24) is 16.0 Å². The summed E-state index contributed by atoms with van der Waals surface area (Å²) in [6.45, 7) is 1.86. The maximum Gasteiger partial charge on any atom is 0.247 e. The first-order valence-corrected chi connectivity index (χ1v) is 10.3. The number of amides is 2. The highest BCUT2D eigenvalue weighted by Crippen LogP contribution is 2.19. The normalized spacial score (nSPS) is 21.8. The summed E-state index contributed by atoms with van der Waals surface area (Å²) >= 11 is 0. The number of carbonyl (C=O) groups is 2. The first kappa shape index (κ1) is 19.6. The van der Waals surface area contributed by atoms with Gasteiger partial charge in [-0.1, -0.05) is 54.6 Å². The molecule has 2 heterocycles. The molecule has 152 valence electrons. The summed E-state index contributed by atoms with van der Waals surface area (Å²) in [6, 6.07) is 16.4. The third-order valence-electron chi connectivity index (χ3n) is 5.61. The van der Waals surface area contributed by atoms with Gasteiger partial charge in [0.1, 0.15) is 6.04 Å². The number of carbonyl (C=O) groups excluding carboxylic acids is 2. The molecule has 2 amide bonds. The van der Waals surface area contributed by atoms with E-state index in [1.165, 1.54) is 11.1 Å². The van der Waals surface area contributed by atoms with E-state index in [9.17, 15) is 9.59 Å². The van der Waals surface area contributed by atoms with Crippen LogP contribution in [0.2, 0.25) is 0 Å². The van der Waals surface area contributed by atoms with Gasteiger partial charge in [0.05, 0.1) is 12.1 Å². The molecular formula is C23H27N3O3. The van der Waals surface area contributed by atoms with Crippen LogP contribution in [0.4, 0.5) is 0 Å². The fraction of sp³-hybridized carbons (Fsp3) is 0.391. The molecule has 6 heteroatoms. The molecule has 3 atom stereocenters. The van der Waals surface area contributed by atoms with Crippen LogP contribution in [-0.2, 0) is 27.3 Å². The molecule has 1 saturated heterocycles. The van der Waals surface area contributed by atoms with Crippen molar-refractivity contribution in [3.8, 4) is 0 Å². The maximum atomic E-state index is 13.0. The third-order valence-corrected chi connectivity index (χ3v) is 5.61. The number of hydrogen-bond donors (Lipinski definition) is 3. The van der Waals surface area contributed by atoms with Crippen molar-refractivity contribution >= 4 is 11.8 Å². The Morgan fingerprint density at radius 2 is 1.83 bits per heavy atom. The van der Waals surface area contributed by atoms with Gasteiger partial charge < -0.3 is 20.7 Å². The predicted molar refractivity (Wildman–Crippen MR) is 110 cm³/mol. The van der Waals surface area contributed by atoms with Crippen molar-refractivity contribution in [2.45, 2.75) is 44.0 Å². The molecule has 0 radical (unpaired) electrons. The Labute approximate surface area is 171 Å². The summed E-state index contributed by atoms with van der Waals surface area (Å²) in [5, 5.41) is 9.19. The van der Waals surface area contributed by atoms with Crippen LogP contribution in [0.25, 0.3) is 0 Å². The van der Waals surface area contributed by atoms with Gasteiger partial charge in [0.2, 0.25) is 11.8 Å². The van der Waals surface area contributed by atoms with Crippen molar-refractivity contribution in [1.29, 1.82) is 0 Å². The Hall–Kier alpha value is -2.70. The highest BCUT2D eigenvalue weighted by Gasteiger charge is 2.29. The average Bonchev–Trinajstić information content (AvgIpc) is 3.29. The maximum absolute atomic E-state index is 13.0. The molecule has 0 aliphatic carbocycles. The van der Waals surface area contributed by atoms with E-state index in [1.807, 2.05) is 42.5 Å². The number of rotatable bonds is 6. The largest absolute Gasteiger partial charge is 0.376 e. The Balaban J connectivity index is 1.43. The Bertz CT molecular complexity index is 849. The van der Waals surface area contributed by atoms with Crippen molar-refractivity contribution in [2.75, 3.05) is 13.2 Å². The van der Waals surface area contributed by atoms with E-state index < -0.39 is 6.04 Å². The number of benzene rings is 2. The average molecular weight is 393 g/mol. The molecule has 2 aliphatic heterocycles. The summed E-state index contributed by atoms with van der Waals surface area (Å²) in [5.74, 6) is -0.378. The van der Waals surface area contributed by atoms with Gasteiger partial charge in [-0.05, 0) is 36.0 Å². The Kier molecular flexibility index (Phi) is 6.22. The van der Waals surface area contributed by atoms with E-state index in [1.54, 1.807) is 0 Å². The first-order chi connectivity index (χ1) is 14.2. The smallest absolute Gasteiger partial charge is 0.247 e. The van der Waals surface area contributed by atoms with E-state index in [0.29, 0.717) is 19.5 Å². The standard InChI is InChI=1S/C23H27N3O3/c27-22(20-13-17-9-4-5-10-18(17)14-24-20)26-21(16-7-2-1-3-8-16)23(28)25-15-19-11-6-12-29-19/h1-5,7-10,19-21,24H,6,11-15H2,(H,25,28)(H,26,27)/t19?,20-,21+/m0/s1. The van der Waals surface area contributed by atoms with Gasteiger partial charge in [0, 0.05) is 19.7 Å². The molecule has 6 nitrogen and oxygen atoms in total. The fourth-order valence-corrected chi connectivity index (χ4v) is 3.95. The van der Waals surface area contributed by atoms with Crippen molar-refractivity contribution in [3.63, 3.8) is 0 Å². The minimum atomic E-state index is -0.732. The lowest BCUT2D eigenvalue weighted by Crippen LogP contribution is -2.51. The van der Waals surface area contributed by atoms with Crippen molar-refractivity contribution in [2.24, 2.45) is 0 Å². The van der Waals surface area contributed by atoms with Crippen LogP contribution in [0.5, 0.6) is 0 Å². The Morgan fingerprint density at radius 1 is 1.07 bits per heavy atom. The number of ether oxygens (including phenoxy) is 1. The van der Waals surface area contributed by atoms with Crippen LogP contribution >= 0.6 is 0 Å². The highest BCUT2D eigenvalue weighted by molar-refractivity contribution is 5.90. The molecule has 2 aliphatic rings. The van der Waals surface area contributed by atoms with E-state index in [2.05, 4.69) is 28.1 Å². The van der Waals surface area contributed by atoms with Crippen LogP contribution in [-0.4, -0.2) is 37.1 Å². The van der Waals surface area contributed by atoms with Gasteiger partial charge in [-0.25, -0.2) is 0 Å². The topological polar surface area (TPSA) is 79.5 Å². The predicted octanol–water partition coefficient (Wildman–Crippen LogP) is 1.85. The SMILES string of the molecule is O=C(N[C@@H](C(=O)NCC1CCCO1)c1ccccc1)[C@@H]1Cc2ccccc2CN1. The summed E-state index contributed by atoms with van der Waals surface area (Å²) in [5.41, 5.74) is 3.15. The van der Waals surface area contributed by atoms with E-state index in [0.717, 1.165) is 25.0 Å². The summed E-state index contributed by atoms with van der Waals surface area (Å²) in [4.78, 5) is 25.9. The lowest BCUT2D eigenvalue weighted by Gasteiger charge is -2.27. The Morgan fingerprint density at radius 3 is 2.59 bits per heavy atom. The van der Waals surface area contributed by atoms with Gasteiger partial charge >= 0.3 is 0 Å². The van der Waals surface area contributed by atoms with Gasteiger partial charge in [0.25, 0.3) is 0 Å². The second kappa shape index (κ2) is 9.20. The van der Waals surface area contributed by atoms with Crippen LogP contribution in [0.1, 0.15) is 35.6 Å². The third kappa shape index (κ3) is 4.83. The minimum absolute atomic E-state index is 0.0580. The molecule has 2 aromatic carbocycles. The summed E-state index contributed by atoms with van der Waals surface area (Å²) in [7, 11) is 0. The molecule has 2 aromatic rings. The first-order valence-electron chi connectivity index (χ1n) is 10.3. The monoisotopic (exact) mass is 393 g/mol. The molecule has 4 rings (SSSR count). The molecule has 0 aromatic heterocycles. The zero-order valence-electron chi connectivity index (χ0n) is 16.4. The number of hydrogen-bond acceptors (Lipinski definition) is 4. The van der Waals surface area contributed by atoms with Crippen LogP contribution in [0, 0.1) is 0 Å². The molecule has 1 unspecified atom stereocenters. The quantitative estimate of drug-likeness (QED) is 0.700. The number of nitrogens with one attached hydrogen (secondary N) is 3. The minimum Gasteiger partial charge on any atom is -0.376 e. The van der Waals surface area contributed by atoms with E-state index in [-0.39, 0.29) is 24.0 Å². The fourth-order valence-electron chi connectivity index (χ4n) is 3.95. The molecule has 29 heavy (non-hydrogen) atoms. The van der Waals surface area contributed by atoms with Gasteiger partial charge in [-0.2, -0.15) is 0 Å². The van der Waals surface area contributed by atoms with Gasteiger partial charge in [0.15, 0.2) is 0 Å². The second-order valence-corrected chi connectivity index (χ2v) is 7.64.